The number of anilines is 1. The predicted octanol–water partition coefficient (Wildman–Crippen LogP) is 1.01. The van der Waals surface area contributed by atoms with Crippen LogP contribution in [0.3, 0.4) is 0 Å². The molecule has 0 saturated carbocycles. The van der Waals surface area contributed by atoms with Crippen LogP contribution in [0.1, 0.15) is 5.56 Å². The topological polar surface area (TPSA) is 136 Å². The van der Waals surface area contributed by atoms with E-state index in [9.17, 15) is 21.6 Å². The zero-order valence-corrected chi connectivity index (χ0v) is 17.5. The van der Waals surface area contributed by atoms with Crippen LogP contribution < -0.4 is 10.5 Å². The molecule has 0 aliphatic carbocycles. The van der Waals surface area contributed by atoms with Crippen LogP contribution in [-0.2, 0) is 29.6 Å². The van der Waals surface area contributed by atoms with E-state index in [1.165, 1.54) is 52.9 Å². The normalized spacial score (nSPS) is 15.9. The number of rotatable bonds is 6. The zero-order chi connectivity index (χ0) is 21.8. The van der Waals surface area contributed by atoms with Gasteiger partial charge in [-0.3, -0.25) is 4.79 Å². The van der Waals surface area contributed by atoms with Gasteiger partial charge in [0.05, 0.1) is 23.0 Å². The third kappa shape index (κ3) is 5.52. The summed E-state index contributed by atoms with van der Waals surface area (Å²) in [6.45, 7) is 1.37. The van der Waals surface area contributed by atoms with Crippen molar-refractivity contribution >= 4 is 37.7 Å². The Kier molecular flexibility index (Phi) is 6.68. The smallest absolute Gasteiger partial charge is 0.248 e. The number of ether oxygens (including phenoxy) is 1. The number of nitrogens with one attached hydrogen (secondary N) is 1. The van der Waals surface area contributed by atoms with Crippen molar-refractivity contribution in [1.82, 2.24) is 4.31 Å². The summed E-state index contributed by atoms with van der Waals surface area (Å²) in [6.07, 6.45) is 2.78. The average Bonchev–Trinajstić information content (AvgIpc) is 2.73. The number of hydrogen-bond acceptors (Lipinski definition) is 6. The van der Waals surface area contributed by atoms with Gasteiger partial charge in [0.25, 0.3) is 0 Å². The van der Waals surface area contributed by atoms with Crippen LogP contribution >= 0.6 is 0 Å². The lowest BCUT2D eigenvalue weighted by Gasteiger charge is -2.26. The first-order valence-corrected chi connectivity index (χ1v) is 11.9. The Labute approximate surface area is 175 Å². The van der Waals surface area contributed by atoms with Gasteiger partial charge in [0.1, 0.15) is 0 Å². The number of nitrogens with two attached hydrogens (primary N) is 1. The molecule has 11 heteroatoms. The van der Waals surface area contributed by atoms with Crippen LogP contribution in [0.25, 0.3) is 6.08 Å². The Balaban J connectivity index is 1.66. The summed E-state index contributed by atoms with van der Waals surface area (Å²) in [5.41, 5.74) is 0.910. The molecule has 0 bridgehead atoms. The van der Waals surface area contributed by atoms with Gasteiger partial charge >= 0.3 is 0 Å². The SMILES string of the molecule is NS(=O)(=O)c1cccc(NC(=O)C=Cc2ccc(S(=O)(=O)N3CCOCC3)cc2)c1. The molecule has 2 aromatic rings. The molecule has 3 N–H and O–H groups in total. The van der Waals surface area contributed by atoms with Crippen molar-refractivity contribution in [2.45, 2.75) is 9.79 Å². The minimum atomic E-state index is -3.87. The van der Waals surface area contributed by atoms with Crippen molar-refractivity contribution in [3.8, 4) is 0 Å². The second-order valence-corrected chi connectivity index (χ2v) is 9.98. The first kappa shape index (κ1) is 22.1. The van der Waals surface area contributed by atoms with E-state index in [1.54, 1.807) is 12.1 Å². The lowest BCUT2D eigenvalue weighted by atomic mass is 10.2. The van der Waals surface area contributed by atoms with Gasteiger partial charge in [-0.05, 0) is 42.0 Å². The van der Waals surface area contributed by atoms with Gasteiger partial charge in [0.2, 0.25) is 26.0 Å². The third-order valence-electron chi connectivity index (χ3n) is 4.35. The molecule has 0 atom stereocenters. The predicted molar refractivity (Wildman–Crippen MR) is 111 cm³/mol. The molecule has 0 radical (unpaired) electrons. The fourth-order valence-corrected chi connectivity index (χ4v) is 4.76. The van der Waals surface area contributed by atoms with Crippen LogP contribution in [-0.4, -0.2) is 53.4 Å². The molecule has 1 fully saturated rings. The molecule has 1 aliphatic rings. The van der Waals surface area contributed by atoms with E-state index in [-0.39, 0.29) is 15.5 Å². The van der Waals surface area contributed by atoms with E-state index in [0.717, 1.165) is 0 Å². The highest BCUT2D eigenvalue weighted by Gasteiger charge is 2.25. The lowest BCUT2D eigenvalue weighted by molar-refractivity contribution is -0.111. The molecule has 0 aromatic heterocycles. The Morgan fingerprint density at radius 3 is 2.30 bits per heavy atom. The quantitative estimate of drug-likeness (QED) is 0.629. The monoisotopic (exact) mass is 451 g/mol. The van der Waals surface area contributed by atoms with Gasteiger partial charge in [-0.25, -0.2) is 22.0 Å². The summed E-state index contributed by atoms with van der Waals surface area (Å²) in [7, 11) is -7.45. The molecule has 1 amide bonds. The Morgan fingerprint density at radius 2 is 1.67 bits per heavy atom. The zero-order valence-electron chi connectivity index (χ0n) is 15.9. The van der Waals surface area contributed by atoms with Crippen molar-refractivity contribution in [3.63, 3.8) is 0 Å². The van der Waals surface area contributed by atoms with Crippen molar-refractivity contribution in [2.75, 3.05) is 31.6 Å². The third-order valence-corrected chi connectivity index (χ3v) is 7.17. The first-order valence-electron chi connectivity index (χ1n) is 8.96. The van der Waals surface area contributed by atoms with E-state index in [0.29, 0.717) is 31.9 Å². The molecule has 1 aliphatic heterocycles. The number of sulfonamides is 2. The number of primary sulfonamides is 1. The largest absolute Gasteiger partial charge is 0.379 e. The van der Waals surface area contributed by atoms with E-state index in [1.807, 2.05) is 0 Å². The van der Waals surface area contributed by atoms with E-state index in [2.05, 4.69) is 5.32 Å². The van der Waals surface area contributed by atoms with Gasteiger partial charge in [-0.15, -0.1) is 0 Å². The fourth-order valence-electron chi connectivity index (χ4n) is 2.79. The summed E-state index contributed by atoms with van der Waals surface area (Å²) < 4.78 is 54.5. The number of amides is 1. The van der Waals surface area contributed by atoms with Gasteiger partial charge < -0.3 is 10.1 Å². The maximum absolute atomic E-state index is 12.6. The average molecular weight is 452 g/mol. The molecule has 160 valence electrons. The number of benzene rings is 2. The van der Waals surface area contributed by atoms with Crippen molar-refractivity contribution < 1.29 is 26.4 Å². The first-order chi connectivity index (χ1) is 14.2. The number of carbonyl (C=O) groups is 1. The number of carbonyl (C=O) groups excluding carboxylic acids is 1. The minimum Gasteiger partial charge on any atom is -0.379 e. The Bertz CT molecular complexity index is 1150. The van der Waals surface area contributed by atoms with Crippen LogP contribution in [0.5, 0.6) is 0 Å². The van der Waals surface area contributed by atoms with Gasteiger partial charge in [0, 0.05) is 24.9 Å². The summed E-state index contributed by atoms with van der Waals surface area (Å²) >= 11 is 0. The standard InChI is InChI=1S/C19H21N3O6S2/c20-29(24,25)18-3-1-2-16(14-18)21-19(23)9-6-15-4-7-17(8-5-15)30(26,27)22-10-12-28-13-11-22/h1-9,14H,10-13H2,(H,21,23)(H2,20,24,25). The summed E-state index contributed by atoms with van der Waals surface area (Å²) in [6, 6.07) is 11.7. The highest BCUT2D eigenvalue weighted by molar-refractivity contribution is 7.89. The highest BCUT2D eigenvalue weighted by atomic mass is 32.2. The number of hydrogen-bond donors (Lipinski definition) is 2. The molecular formula is C19H21N3O6S2. The Hall–Kier alpha value is -2.57. The highest BCUT2D eigenvalue weighted by Crippen LogP contribution is 2.18. The molecule has 1 heterocycles. The molecule has 0 spiro atoms. The summed E-state index contributed by atoms with van der Waals surface area (Å²) in [5, 5.41) is 7.62. The maximum Gasteiger partial charge on any atom is 0.248 e. The molecular weight excluding hydrogens is 430 g/mol. The van der Waals surface area contributed by atoms with Crippen LogP contribution in [0.15, 0.2) is 64.4 Å². The van der Waals surface area contributed by atoms with Crippen LogP contribution in [0.4, 0.5) is 5.69 Å². The molecule has 1 saturated heterocycles. The summed E-state index contributed by atoms with van der Waals surface area (Å²) in [5.74, 6) is -0.480. The molecule has 30 heavy (non-hydrogen) atoms. The number of morpholine rings is 1. The summed E-state index contributed by atoms with van der Waals surface area (Å²) in [4.78, 5) is 12.1. The fraction of sp³-hybridized carbons (Fsp3) is 0.211. The van der Waals surface area contributed by atoms with Gasteiger partial charge in [0.15, 0.2) is 0 Å². The molecule has 0 unspecified atom stereocenters. The second-order valence-electron chi connectivity index (χ2n) is 6.48. The van der Waals surface area contributed by atoms with Crippen molar-refractivity contribution in [1.29, 1.82) is 0 Å². The minimum absolute atomic E-state index is 0.110. The Morgan fingerprint density at radius 1 is 1.00 bits per heavy atom. The van der Waals surface area contributed by atoms with Crippen LogP contribution in [0, 0.1) is 0 Å². The van der Waals surface area contributed by atoms with E-state index < -0.39 is 26.0 Å². The van der Waals surface area contributed by atoms with Crippen LogP contribution in [0.2, 0.25) is 0 Å². The van der Waals surface area contributed by atoms with Gasteiger partial charge in [-0.1, -0.05) is 18.2 Å². The second kappa shape index (κ2) is 9.06. The van der Waals surface area contributed by atoms with Crippen molar-refractivity contribution in [3.05, 3.63) is 60.2 Å². The number of nitrogens with zero attached hydrogens (tertiary/aromatic N) is 1. The van der Waals surface area contributed by atoms with Crippen molar-refractivity contribution in [2.24, 2.45) is 5.14 Å². The lowest BCUT2D eigenvalue weighted by Crippen LogP contribution is -2.40. The van der Waals surface area contributed by atoms with E-state index in [4.69, 9.17) is 9.88 Å². The molecule has 3 rings (SSSR count). The van der Waals surface area contributed by atoms with E-state index >= 15 is 0 Å². The molecule has 9 nitrogen and oxygen atoms in total. The van der Waals surface area contributed by atoms with Gasteiger partial charge in [-0.2, -0.15) is 4.31 Å². The maximum atomic E-state index is 12.6. The molecule has 2 aromatic carbocycles.